The Labute approximate surface area is 84.0 Å². The molecule has 1 aromatic rings. The van der Waals surface area contributed by atoms with Crippen molar-refractivity contribution in [3.8, 4) is 0 Å². The van der Waals surface area contributed by atoms with Crippen molar-refractivity contribution in [3.63, 3.8) is 0 Å². The first-order chi connectivity index (χ1) is 6.71. The first kappa shape index (κ1) is 9.62. The van der Waals surface area contributed by atoms with Crippen LogP contribution in [0.5, 0.6) is 0 Å². The average Bonchev–Trinajstić information content (AvgIpc) is 2.24. The van der Waals surface area contributed by atoms with Crippen LogP contribution >= 0.6 is 0 Å². The van der Waals surface area contributed by atoms with Gasteiger partial charge in [-0.15, -0.1) is 0 Å². The number of hydrogen-bond acceptors (Lipinski definition) is 3. The Morgan fingerprint density at radius 3 is 2.43 bits per heavy atom. The summed E-state index contributed by atoms with van der Waals surface area (Å²) in [5, 5.41) is 9.42. The molecule has 3 N–H and O–H groups in total. The molecule has 1 aromatic heterocycles. The third-order valence-electron chi connectivity index (χ3n) is 3.10. The summed E-state index contributed by atoms with van der Waals surface area (Å²) in [5.74, 6) is 0. The monoisotopic (exact) mass is 192 g/mol. The number of hydrogen-bond donors (Lipinski definition) is 2. The van der Waals surface area contributed by atoms with E-state index >= 15 is 0 Å². The van der Waals surface area contributed by atoms with E-state index in [1.807, 2.05) is 12.1 Å². The molecular weight excluding hydrogens is 176 g/mol. The molecule has 3 heteroatoms. The summed E-state index contributed by atoms with van der Waals surface area (Å²) in [6, 6.07) is 3.94. The minimum Gasteiger partial charge on any atom is -0.393 e. The average molecular weight is 192 g/mol. The molecule has 1 saturated carbocycles. The number of aliphatic hydroxyl groups excluding tert-OH is 1. The van der Waals surface area contributed by atoms with Crippen molar-refractivity contribution in [1.82, 2.24) is 4.98 Å². The van der Waals surface area contributed by atoms with Crippen molar-refractivity contribution in [2.45, 2.75) is 37.3 Å². The van der Waals surface area contributed by atoms with Crippen molar-refractivity contribution >= 4 is 0 Å². The number of aromatic nitrogens is 1. The molecule has 14 heavy (non-hydrogen) atoms. The molecule has 0 unspecified atom stereocenters. The second-order valence-corrected chi connectivity index (χ2v) is 4.12. The van der Waals surface area contributed by atoms with Crippen LogP contribution in [-0.2, 0) is 5.54 Å². The molecule has 0 aliphatic heterocycles. The number of rotatable bonds is 1. The van der Waals surface area contributed by atoms with Gasteiger partial charge in [-0.2, -0.15) is 0 Å². The molecular formula is C11H16N2O. The highest BCUT2D eigenvalue weighted by atomic mass is 16.3. The molecule has 0 aromatic carbocycles. The second-order valence-electron chi connectivity index (χ2n) is 4.12. The summed E-state index contributed by atoms with van der Waals surface area (Å²) in [4.78, 5) is 3.98. The number of aliphatic hydroxyl groups is 1. The predicted molar refractivity (Wildman–Crippen MR) is 54.6 cm³/mol. The van der Waals surface area contributed by atoms with Crippen LogP contribution in [0.2, 0.25) is 0 Å². The highest BCUT2D eigenvalue weighted by Gasteiger charge is 2.32. The zero-order valence-electron chi connectivity index (χ0n) is 8.19. The van der Waals surface area contributed by atoms with Crippen LogP contribution in [0.15, 0.2) is 24.5 Å². The highest BCUT2D eigenvalue weighted by molar-refractivity contribution is 5.21. The third-order valence-corrected chi connectivity index (χ3v) is 3.10. The maximum atomic E-state index is 9.42. The van der Waals surface area contributed by atoms with Gasteiger partial charge in [-0.3, -0.25) is 4.98 Å². The van der Waals surface area contributed by atoms with Crippen molar-refractivity contribution < 1.29 is 5.11 Å². The number of pyridine rings is 1. The molecule has 0 saturated heterocycles. The summed E-state index contributed by atoms with van der Waals surface area (Å²) in [6.45, 7) is 0. The number of nitrogens with zero attached hydrogens (tertiary/aromatic N) is 1. The first-order valence-electron chi connectivity index (χ1n) is 5.08. The van der Waals surface area contributed by atoms with Crippen molar-refractivity contribution in [3.05, 3.63) is 30.1 Å². The summed E-state index contributed by atoms with van der Waals surface area (Å²) < 4.78 is 0. The third kappa shape index (κ3) is 1.79. The fraction of sp³-hybridized carbons (Fsp3) is 0.545. The lowest BCUT2D eigenvalue weighted by molar-refractivity contribution is 0.0969. The van der Waals surface area contributed by atoms with Gasteiger partial charge in [0.2, 0.25) is 0 Å². The van der Waals surface area contributed by atoms with Gasteiger partial charge in [-0.05, 0) is 43.4 Å². The summed E-state index contributed by atoms with van der Waals surface area (Å²) in [7, 11) is 0. The van der Waals surface area contributed by atoms with Crippen LogP contribution in [0, 0.1) is 0 Å². The van der Waals surface area contributed by atoms with Gasteiger partial charge in [-0.1, -0.05) is 0 Å². The molecule has 1 aliphatic rings. The molecule has 3 nitrogen and oxygen atoms in total. The minimum atomic E-state index is -0.248. The van der Waals surface area contributed by atoms with E-state index in [0.717, 1.165) is 31.2 Å². The van der Waals surface area contributed by atoms with Crippen LogP contribution in [0.1, 0.15) is 31.2 Å². The molecule has 1 heterocycles. The minimum absolute atomic E-state index is 0.159. The zero-order valence-corrected chi connectivity index (χ0v) is 8.19. The van der Waals surface area contributed by atoms with Crippen molar-refractivity contribution in [1.29, 1.82) is 0 Å². The quantitative estimate of drug-likeness (QED) is 0.702. The van der Waals surface area contributed by atoms with Gasteiger partial charge in [0, 0.05) is 17.9 Å². The fourth-order valence-electron chi connectivity index (χ4n) is 2.09. The lowest BCUT2D eigenvalue weighted by atomic mass is 9.77. The SMILES string of the molecule is NC1(c2ccncc2)CCC(O)CC1. The maximum absolute atomic E-state index is 9.42. The molecule has 0 spiro atoms. The standard InChI is InChI=1S/C11H16N2O/c12-11(5-1-10(14)2-6-11)9-3-7-13-8-4-9/h3-4,7-8,10,14H,1-2,5-6,12H2. The summed E-state index contributed by atoms with van der Waals surface area (Å²) >= 11 is 0. The van der Waals surface area contributed by atoms with E-state index in [-0.39, 0.29) is 11.6 Å². The fourth-order valence-corrected chi connectivity index (χ4v) is 2.09. The first-order valence-corrected chi connectivity index (χ1v) is 5.08. The topological polar surface area (TPSA) is 59.1 Å². The predicted octanol–water partition coefficient (Wildman–Crippen LogP) is 1.17. The van der Waals surface area contributed by atoms with Crippen molar-refractivity contribution in [2.24, 2.45) is 5.73 Å². The lowest BCUT2D eigenvalue weighted by Crippen LogP contribution is -2.41. The summed E-state index contributed by atoms with van der Waals surface area (Å²) in [5.41, 5.74) is 7.19. The van der Waals surface area contributed by atoms with E-state index in [9.17, 15) is 5.11 Å². The Hall–Kier alpha value is -0.930. The molecule has 0 atom stereocenters. The van der Waals surface area contributed by atoms with Crippen molar-refractivity contribution in [2.75, 3.05) is 0 Å². The Balaban J connectivity index is 2.17. The van der Waals surface area contributed by atoms with Gasteiger partial charge in [0.15, 0.2) is 0 Å². The largest absolute Gasteiger partial charge is 0.393 e. The normalized spacial score (nSPS) is 32.9. The highest BCUT2D eigenvalue weighted by Crippen LogP contribution is 2.34. The Morgan fingerprint density at radius 1 is 1.29 bits per heavy atom. The van der Waals surface area contributed by atoms with Crippen LogP contribution < -0.4 is 5.73 Å². The van der Waals surface area contributed by atoms with Gasteiger partial charge in [0.1, 0.15) is 0 Å². The van der Waals surface area contributed by atoms with Crippen LogP contribution in [0.25, 0.3) is 0 Å². The molecule has 2 rings (SSSR count). The molecule has 0 amide bonds. The Bertz CT molecular complexity index is 291. The van der Waals surface area contributed by atoms with E-state index in [2.05, 4.69) is 4.98 Å². The zero-order chi connectivity index (χ0) is 10.0. The molecule has 0 bridgehead atoms. The van der Waals surface area contributed by atoms with Gasteiger partial charge in [0.05, 0.1) is 6.10 Å². The molecule has 1 fully saturated rings. The van der Waals surface area contributed by atoms with E-state index < -0.39 is 0 Å². The molecule has 1 aliphatic carbocycles. The smallest absolute Gasteiger partial charge is 0.0541 e. The lowest BCUT2D eigenvalue weighted by Gasteiger charge is -2.35. The van der Waals surface area contributed by atoms with E-state index in [1.165, 1.54) is 0 Å². The van der Waals surface area contributed by atoms with Gasteiger partial charge < -0.3 is 10.8 Å². The second kappa shape index (κ2) is 3.67. The summed E-state index contributed by atoms with van der Waals surface area (Å²) in [6.07, 6.45) is 6.71. The van der Waals surface area contributed by atoms with E-state index in [1.54, 1.807) is 12.4 Å². The van der Waals surface area contributed by atoms with Crippen LogP contribution in [0.4, 0.5) is 0 Å². The van der Waals surface area contributed by atoms with E-state index in [0.29, 0.717) is 0 Å². The van der Waals surface area contributed by atoms with Gasteiger partial charge >= 0.3 is 0 Å². The van der Waals surface area contributed by atoms with Gasteiger partial charge in [-0.25, -0.2) is 0 Å². The number of nitrogens with two attached hydrogens (primary N) is 1. The Morgan fingerprint density at radius 2 is 1.86 bits per heavy atom. The molecule has 0 radical (unpaired) electrons. The van der Waals surface area contributed by atoms with Gasteiger partial charge in [0.25, 0.3) is 0 Å². The molecule has 76 valence electrons. The van der Waals surface area contributed by atoms with Crippen LogP contribution in [-0.4, -0.2) is 16.2 Å². The van der Waals surface area contributed by atoms with Crippen LogP contribution in [0.3, 0.4) is 0 Å². The van der Waals surface area contributed by atoms with E-state index in [4.69, 9.17) is 5.73 Å². The maximum Gasteiger partial charge on any atom is 0.0541 e. The Kier molecular flexibility index (Phi) is 2.52.